The summed E-state index contributed by atoms with van der Waals surface area (Å²) in [7, 11) is 0. The van der Waals surface area contributed by atoms with E-state index in [-0.39, 0.29) is 0 Å². The topological polar surface area (TPSA) is 51.6 Å². The number of pyridine rings is 4. The average Bonchev–Trinajstić information content (AvgIpc) is 3.26. The predicted molar refractivity (Wildman–Crippen MR) is 223 cm³/mol. The van der Waals surface area contributed by atoms with Crippen molar-refractivity contribution in [2.24, 2.45) is 0 Å². The van der Waals surface area contributed by atoms with E-state index in [0.717, 1.165) is 72.6 Å². The smallest absolute Gasteiger partial charge is 0.0900 e. The highest BCUT2D eigenvalue weighted by molar-refractivity contribution is 6.19. The van der Waals surface area contributed by atoms with Crippen molar-refractivity contribution in [2.75, 3.05) is 0 Å². The number of benzene rings is 6. The summed E-state index contributed by atoms with van der Waals surface area (Å²) in [6, 6.07) is 63.8. The molecule has 0 radical (unpaired) electrons. The van der Waals surface area contributed by atoms with E-state index in [1.165, 1.54) is 27.3 Å². The summed E-state index contributed by atoms with van der Waals surface area (Å²) in [4.78, 5) is 19.5. The van der Waals surface area contributed by atoms with Gasteiger partial charge in [-0.25, -0.2) is 9.97 Å². The van der Waals surface area contributed by atoms with Crippen LogP contribution in [0.4, 0.5) is 0 Å². The first-order valence-electron chi connectivity index (χ1n) is 18.1. The summed E-state index contributed by atoms with van der Waals surface area (Å²) in [5, 5.41) is 5.96. The maximum Gasteiger partial charge on any atom is 0.0900 e. The highest BCUT2D eigenvalue weighted by atomic mass is 14.8. The molecule has 0 N–H and O–H groups in total. The van der Waals surface area contributed by atoms with Crippen LogP contribution >= 0.6 is 0 Å². The van der Waals surface area contributed by atoms with Gasteiger partial charge in [0.1, 0.15) is 0 Å². The fourth-order valence-electron chi connectivity index (χ4n) is 7.58. The van der Waals surface area contributed by atoms with Gasteiger partial charge in [-0.2, -0.15) is 0 Å². The third kappa shape index (κ3) is 5.67. The molecule has 0 bridgehead atoms. The van der Waals surface area contributed by atoms with Crippen molar-refractivity contribution in [1.82, 2.24) is 19.9 Å². The molecule has 252 valence electrons. The van der Waals surface area contributed by atoms with Crippen LogP contribution in [0.25, 0.3) is 99.9 Å². The van der Waals surface area contributed by atoms with Crippen LogP contribution in [-0.4, -0.2) is 19.9 Å². The minimum Gasteiger partial charge on any atom is -0.255 e. The zero-order valence-corrected chi connectivity index (χ0v) is 29.3. The van der Waals surface area contributed by atoms with Gasteiger partial charge in [0.15, 0.2) is 0 Å². The van der Waals surface area contributed by atoms with Gasteiger partial charge < -0.3 is 0 Å². The second-order valence-electron chi connectivity index (χ2n) is 13.4. The van der Waals surface area contributed by atoms with Crippen LogP contribution in [0, 0.1) is 0 Å². The largest absolute Gasteiger partial charge is 0.255 e. The van der Waals surface area contributed by atoms with Crippen LogP contribution in [0.2, 0.25) is 0 Å². The molecule has 0 saturated carbocycles. The van der Waals surface area contributed by atoms with E-state index in [1.807, 2.05) is 36.4 Å². The van der Waals surface area contributed by atoms with Crippen molar-refractivity contribution < 1.29 is 0 Å². The molecule has 4 nitrogen and oxygen atoms in total. The molecule has 6 aromatic carbocycles. The van der Waals surface area contributed by atoms with Gasteiger partial charge in [-0.1, -0.05) is 140 Å². The molecule has 0 unspecified atom stereocenters. The first kappa shape index (κ1) is 31.4. The lowest BCUT2D eigenvalue weighted by Crippen LogP contribution is -1.94. The van der Waals surface area contributed by atoms with Crippen molar-refractivity contribution in [3.63, 3.8) is 0 Å². The van der Waals surface area contributed by atoms with Gasteiger partial charge in [0, 0.05) is 34.1 Å². The number of aromatic nitrogens is 4. The molecule has 54 heavy (non-hydrogen) atoms. The van der Waals surface area contributed by atoms with E-state index < -0.39 is 0 Å². The van der Waals surface area contributed by atoms with Gasteiger partial charge in [0.2, 0.25) is 0 Å². The molecule has 10 aromatic rings. The minimum atomic E-state index is 0.808. The van der Waals surface area contributed by atoms with Crippen LogP contribution in [0.3, 0.4) is 0 Å². The number of hydrogen-bond donors (Lipinski definition) is 0. The standard InChI is InChI=1S/C50H32N4/c1-2-13-36(14-3-1)50-43-19-11-18-41(40-17-10-15-35-12-4-5-16-39(35)40)49(43)42-27-26-37(30-46(42)54-50)33-22-24-34(25-23-33)38-31-47(44-20-6-8-28-51-44)53-48(32-38)45-21-7-9-29-52-45/h1-32H. The fraction of sp³-hybridized carbons (Fsp3) is 0. The van der Waals surface area contributed by atoms with Crippen molar-refractivity contribution in [3.8, 4) is 67.4 Å². The molecule has 0 saturated heterocycles. The Morgan fingerprint density at radius 1 is 0.315 bits per heavy atom. The molecule has 4 aromatic heterocycles. The Morgan fingerprint density at radius 2 is 0.907 bits per heavy atom. The summed E-state index contributed by atoms with van der Waals surface area (Å²) in [5.74, 6) is 0. The lowest BCUT2D eigenvalue weighted by Gasteiger charge is -2.16. The molecule has 0 fully saturated rings. The van der Waals surface area contributed by atoms with Gasteiger partial charge in [-0.15, -0.1) is 0 Å². The van der Waals surface area contributed by atoms with Crippen LogP contribution in [0.1, 0.15) is 0 Å². The van der Waals surface area contributed by atoms with Gasteiger partial charge in [-0.05, 0) is 86.6 Å². The lowest BCUT2D eigenvalue weighted by atomic mass is 9.90. The van der Waals surface area contributed by atoms with Crippen LogP contribution in [0.5, 0.6) is 0 Å². The first-order chi connectivity index (χ1) is 26.8. The Balaban J connectivity index is 1.11. The first-order valence-corrected chi connectivity index (χ1v) is 18.1. The second kappa shape index (κ2) is 13.4. The van der Waals surface area contributed by atoms with Crippen LogP contribution < -0.4 is 0 Å². The summed E-state index contributed by atoms with van der Waals surface area (Å²) in [5.41, 5.74) is 13.1. The van der Waals surface area contributed by atoms with Crippen molar-refractivity contribution >= 4 is 32.4 Å². The Hall–Kier alpha value is -7.30. The van der Waals surface area contributed by atoms with Gasteiger partial charge in [0.25, 0.3) is 0 Å². The van der Waals surface area contributed by atoms with Gasteiger partial charge in [-0.3, -0.25) is 9.97 Å². The van der Waals surface area contributed by atoms with Gasteiger partial charge >= 0.3 is 0 Å². The molecule has 0 aliphatic rings. The molecule has 4 heteroatoms. The number of fused-ring (bicyclic) bond motifs is 4. The van der Waals surface area contributed by atoms with Crippen LogP contribution in [-0.2, 0) is 0 Å². The normalized spacial score (nSPS) is 11.3. The number of nitrogens with zero attached hydrogens (tertiary/aromatic N) is 4. The van der Waals surface area contributed by atoms with Crippen molar-refractivity contribution in [2.45, 2.75) is 0 Å². The van der Waals surface area contributed by atoms with Crippen LogP contribution in [0.15, 0.2) is 194 Å². The quantitative estimate of drug-likeness (QED) is 0.163. The van der Waals surface area contributed by atoms with Gasteiger partial charge in [0.05, 0.1) is 34.0 Å². The highest BCUT2D eigenvalue weighted by Gasteiger charge is 2.17. The Bertz CT molecular complexity index is 2900. The Kier molecular flexibility index (Phi) is 7.77. The van der Waals surface area contributed by atoms with Crippen molar-refractivity contribution in [1.29, 1.82) is 0 Å². The molecule has 0 aliphatic heterocycles. The molecule has 0 amide bonds. The molecule has 0 spiro atoms. The summed E-state index contributed by atoms with van der Waals surface area (Å²) in [6.45, 7) is 0. The molecular weight excluding hydrogens is 657 g/mol. The van der Waals surface area contributed by atoms with E-state index in [0.29, 0.717) is 0 Å². The van der Waals surface area contributed by atoms with E-state index in [2.05, 4.69) is 156 Å². The molecular formula is C50H32N4. The third-order valence-electron chi connectivity index (χ3n) is 10.2. The summed E-state index contributed by atoms with van der Waals surface area (Å²) >= 11 is 0. The summed E-state index contributed by atoms with van der Waals surface area (Å²) < 4.78 is 0. The molecule has 0 aliphatic carbocycles. The number of rotatable bonds is 6. The fourth-order valence-corrected chi connectivity index (χ4v) is 7.58. The highest BCUT2D eigenvalue weighted by Crippen LogP contribution is 2.41. The van der Waals surface area contributed by atoms with E-state index in [4.69, 9.17) is 9.97 Å². The predicted octanol–water partition coefficient (Wildman–Crippen LogP) is 12.7. The maximum absolute atomic E-state index is 5.38. The monoisotopic (exact) mass is 688 g/mol. The number of hydrogen-bond acceptors (Lipinski definition) is 4. The van der Waals surface area contributed by atoms with E-state index in [1.54, 1.807) is 12.4 Å². The van der Waals surface area contributed by atoms with E-state index >= 15 is 0 Å². The maximum atomic E-state index is 5.38. The minimum absolute atomic E-state index is 0.808. The second-order valence-corrected chi connectivity index (χ2v) is 13.4. The lowest BCUT2D eigenvalue weighted by molar-refractivity contribution is 1.22. The molecule has 4 heterocycles. The third-order valence-corrected chi connectivity index (χ3v) is 10.2. The Labute approximate surface area is 313 Å². The summed E-state index contributed by atoms with van der Waals surface area (Å²) in [6.07, 6.45) is 3.60. The molecule has 0 atom stereocenters. The zero-order chi connectivity index (χ0) is 35.8. The zero-order valence-electron chi connectivity index (χ0n) is 29.3. The van der Waals surface area contributed by atoms with E-state index in [9.17, 15) is 0 Å². The average molecular weight is 689 g/mol. The Morgan fingerprint density at radius 3 is 1.63 bits per heavy atom. The molecule has 10 rings (SSSR count). The SMILES string of the molecule is c1ccc(-c2nc3cc(-c4ccc(-c5cc(-c6ccccn6)nc(-c6ccccn6)c5)cc4)ccc3c3c(-c4cccc5ccccc45)cccc23)cc1. The van der Waals surface area contributed by atoms with Crippen molar-refractivity contribution in [3.05, 3.63) is 194 Å².